The number of ether oxygens (including phenoxy) is 1. The Morgan fingerprint density at radius 2 is 1.56 bits per heavy atom. The van der Waals surface area contributed by atoms with Gasteiger partial charge in [-0.2, -0.15) is 13.1 Å². The van der Waals surface area contributed by atoms with Gasteiger partial charge in [0.15, 0.2) is 0 Å². The molecule has 0 radical (unpaired) electrons. The summed E-state index contributed by atoms with van der Waals surface area (Å²) in [6.07, 6.45) is 0.422. The summed E-state index contributed by atoms with van der Waals surface area (Å²) < 4.78 is 35.8. The molecular formula is C26H28N4O3S. The normalized spacial score (nSPS) is 12.4. The Hall–Kier alpha value is -3.46. The van der Waals surface area contributed by atoms with E-state index in [0.29, 0.717) is 6.42 Å². The van der Waals surface area contributed by atoms with E-state index in [-0.39, 0.29) is 12.6 Å². The van der Waals surface area contributed by atoms with Crippen LogP contribution in [0.25, 0.3) is 22.6 Å². The van der Waals surface area contributed by atoms with Gasteiger partial charge in [0, 0.05) is 30.1 Å². The minimum absolute atomic E-state index is 0.207. The molecule has 0 bridgehead atoms. The van der Waals surface area contributed by atoms with Crippen LogP contribution in [-0.4, -0.2) is 32.0 Å². The molecule has 1 aromatic heterocycles. The molecule has 0 aliphatic heterocycles. The Labute approximate surface area is 200 Å². The van der Waals surface area contributed by atoms with Crippen molar-refractivity contribution in [2.45, 2.75) is 19.4 Å². The van der Waals surface area contributed by atoms with E-state index in [9.17, 15) is 8.42 Å². The van der Waals surface area contributed by atoms with Gasteiger partial charge < -0.3 is 9.72 Å². The first kappa shape index (κ1) is 23.7. The molecule has 8 heteroatoms. The summed E-state index contributed by atoms with van der Waals surface area (Å²) >= 11 is 0. The summed E-state index contributed by atoms with van der Waals surface area (Å²) in [5.74, 6) is 1.50. The van der Waals surface area contributed by atoms with E-state index in [4.69, 9.17) is 9.72 Å². The number of hydrogen-bond acceptors (Lipinski definition) is 4. The molecule has 34 heavy (non-hydrogen) atoms. The van der Waals surface area contributed by atoms with E-state index < -0.39 is 10.2 Å². The van der Waals surface area contributed by atoms with Gasteiger partial charge in [-0.25, -0.2) is 9.71 Å². The summed E-state index contributed by atoms with van der Waals surface area (Å²) in [4.78, 5) is 8.19. The second-order valence-corrected chi connectivity index (χ2v) is 9.43. The smallest absolute Gasteiger partial charge is 0.277 e. The zero-order valence-electron chi connectivity index (χ0n) is 19.2. The molecule has 0 aliphatic rings. The first-order valence-corrected chi connectivity index (χ1v) is 12.5. The van der Waals surface area contributed by atoms with E-state index in [1.54, 1.807) is 7.11 Å². The van der Waals surface area contributed by atoms with Crippen molar-refractivity contribution in [1.82, 2.24) is 19.4 Å². The van der Waals surface area contributed by atoms with E-state index in [0.717, 1.165) is 39.7 Å². The van der Waals surface area contributed by atoms with Gasteiger partial charge in [0.2, 0.25) is 0 Å². The highest BCUT2D eigenvalue weighted by Gasteiger charge is 2.17. The molecule has 176 valence electrons. The summed E-state index contributed by atoms with van der Waals surface area (Å²) in [5.41, 5.74) is 4.44. The Morgan fingerprint density at radius 1 is 0.912 bits per heavy atom. The highest BCUT2D eigenvalue weighted by Crippen LogP contribution is 2.28. The van der Waals surface area contributed by atoms with Crippen molar-refractivity contribution in [3.05, 3.63) is 96.2 Å². The topological polar surface area (TPSA) is 96.1 Å². The number of nitrogens with zero attached hydrogens (tertiary/aromatic N) is 1. The third kappa shape index (κ3) is 5.91. The Bertz CT molecular complexity index is 1310. The predicted octanol–water partition coefficient (Wildman–Crippen LogP) is 4.48. The van der Waals surface area contributed by atoms with Crippen molar-refractivity contribution in [3.8, 4) is 28.4 Å². The van der Waals surface area contributed by atoms with Crippen LogP contribution in [0.1, 0.15) is 24.2 Å². The molecule has 7 nitrogen and oxygen atoms in total. The fourth-order valence-electron chi connectivity index (χ4n) is 3.71. The Kier molecular flexibility index (Phi) is 7.42. The number of aromatic amines is 1. The maximum atomic E-state index is 12.6. The maximum Gasteiger partial charge on any atom is 0.277 e. The van der Waals surface area contributed by atoms with Gasteiger partial charge in [-0.3, -0.25) is 0 Å². The highest BCUT2D eigenvalue weighted by molar-refractivity contribution is 7.87. The molecule has 1 atom stereocenters. The minimum atomic E-state index is -3.69. The van der Waals surface area contributed by atoms with Gasteiger partial charge in [-0.1, -0.05) is 60.7 Å². The van der Waals surface area contributed by atoms with Crippen LogP contribution in [0.4, 0.5) is 0 Å². The van der Waals surface area contributed by atoms with E-state index in [1.165, 1.54) is 0 Å². The standard InChI is InChI=1S/C26H28N4O3S/c1-19(20-9-5-3-6-10-20)30-34(31,32)27-18-17-24-25(21-13-15-23(33-2)16-14-21)29-26(28-24)22-11-7-4-8-12-22/h3-16,19,27,30H,17-18H2,1-2H3,(H,28,29)/t19-/m1/s1. The zero-order valence-corrected chi connectivity index (χ0v) is 20.0. The van der Waals surface area contributed by atoms with Crippen LogP contribution >= 0.6 is 0 Å². The fraction of sp³-hybridized carbons (Fsp3) is 0.192. The lowest BCUT2D eigenvalue weighted by Gasteiger charge is -2.15. The quantitative estimate of drug-likeness (QED) is 0.314. The summed E-state index contributed by atoms with van der Waals surface area (Å²) in [6, 6.07) is 26.6. The van der Waals surface area contributed by atoms with Gasteiger partial charge in [0.05, 0.1) is 18.5 Å². The van der Waals surface area contributed by atoms with Gasteiger partial charge in [0.1, 0.15) is 11.6 Å². The van der Waals surface area contributed by atoms with Crippen LogP contribution in [0.3, 0.4) is 0 Å². The largest absolute Gasteiger partial charge is 0.497 e. The first-order chi connectivity index (χ1) is 16.4. The number of aromatic nitrogens is 2. The molecule has 1 heterocycles. The monoisotopic (exact) mass is 476 g/mol. The number of H-pyrrole nitrogens is 1. The lowest BCUT2D eigenvalue weighted by Crippen LogP contribution is -2.39. The van der Waals surface area contributed by atoms with Crippen LogP contribution in [0, 0.1) is 0 Å². The number of nitrogens with one attached hydrogen (secondary N) is 3. The van der Waals surface area contributed by atoms with Crippen molar-refractivity contribution >= 4 is 10.2 Å². The molecular weight excluding hydrogens is 448 g/mol. The average molecular weight is 477 g/mol. The minimum Gasteiger partial charge on any atom is -0.497 e. The van der Waals surface area contributed by atoms with Crippen LogP contribution in [-0.2, 0) is 16.6 Å². The van der Waals surface area contributed by atoms with Crippen molar-refractivity contribution in [1.29, 1.82) is 0 Å². The molecule has 3 aromatic carbocycles. The first-order valence-electron chi connectivity index (χ1n) is 11.1. The molecule has 0 fully saturated rings. The number of imidazole rings is 1. The Balaban J connectivity index is 1.50. The van der Waals surface area contributed by atoms with Crippen molar-refractivity contribution < 1.29 is 13.2 Å². The molecule has 4 rings (SSSR count). The van der Waals surface area contributed by atoms with Gasteiger partial charge in [-0.05, 0) is 36.8 Å². The van der Waals surface area contributed by atoms with E-state index >= 15 is 0 Å². The lowest BCUT2D eigenvalue weighted by atomic mass is 10.1. The van der Waals surface area contributed by atoms with E-state index in [1.807, 2.05) is 91.9 Å². The van der Waals surface area contributed by atoms with Crippen LogP contribution in [0.15, 0.2) is 84.9 Å². The predicted molar refractivity (Wildman–Crippen MR) is 135 cm³/mol. The highest BCUT2D eigenvalue weighted by atomic mass is 32.2. The second-order valence-electron chi connectivity index (χ2n) is 7.90. The molecule has 0 saturated carbocycles. The molecule has 4 aromatic rings. The maximum absolute atomic E-state index is 12.6. The van der Waals surface area contributed by atoms with Crippen LogP contribution < -0.4 is 14.2 Å². The SMILES string of the molecule is COc1ccc(-c2[nH]c(-c3ccccc3)nc2CCNS(=O)(=O)N[C@H](C)c2ccccc2)cc1. The number of rotatable bonds is 10. The molecule has 3 N–H and O–H groups in total. The van der Waals surface area contributed by atoms with Gasteiger partial charge in [-0.15, -0.1) is 0 Å². The fourth-order valence-corrected chi connectivity index (χ4v) is 4.76. The van der Waals surface area contributed by atoms with Gasteiger partial charge in [0.25, 0.3) is 10.2 Å². The zero-order chi connectivity index (χ0) is 24.0. The third-order valence-electron chi connectivity index (χ3n) is 5.49. The number of methoxy groups -OCH3 is 1. The Morgan fingerprint density at radius 3 is 2.21 bits per heavy atom. The second kappa shape index (κ2) is 10.6. The van der Waals surface area contributed by atoms with Crippen molar-refractivity contribution in [2.24, 2.45) is 0 Å². The number of benzene rings is 3. The van der Waals surface area contributed by atoms with E-state index in [2.05, 4.69) is 14.4 Å². The molecule has 0 spiro atoms. The summed E-state index contributed by atoms with van der Waals surface area (Å²) in [6.45, 7) is 2.02. The molecule has 0 saturated heterocycles. The van der Waals surface area contributed by atoms with Crippen molar-refractivity contribution in [2.75, 3.05) is 13.7 Å². The summed E-state index contributed by atoms with van der Waals surface area (Å²) in [5, 5.41) is 0. The number of hydrogen-bond donors (Lipinski definition) is 3. The third-order valence-corrected chi connectivity index (χ3v) is 6.74. The molecule has 0 amide bonds. The molecule has 0 aliphatic carbocycles. The van der Waals surface area contributed by atoms with Crippen LogP contribution in [0.5, 0.6) is 5.75 Å². The van der Waals surface area contributed by atoms with Crippen LogP contribution in [0.2, 0.25) is 0 Å². The average Bonchev–Trinajstić information content (AvgIpc) is 3.29. The summed E-state index contributed by atoms with van der Waals surface area (Å²) in [7, 11) is -2.06. The van der Waals surface area contributed by atoms with Crippen molar-refractivity contribution in [3.63, 3.8) is 0 Å². The van der Waals surface area contributed by atoms with Gasteiger partial charge >= 0.3 is 0 Å². The molecule has 0 unspecified atom stereocenters. The lowest BCUT2D eigenvalue weighted by molar-refractivity contribution is 0.415.